The van der Waals surface area contributed by atoms with Crippen molar-refractivity contribution < 1.29 is 14.6 Å². The van der Waals surface area contributed by atoms with Gasteiger partial charge in [0.25, 0.3) is 0 Å². The van der Waals surface area contributed by atoms with Gasteiger partial charge in [0.15, 0.2) is 0 Å². The first-order valence-corrected chi connectivity index (χ1v) is 9.67. The highest BCUT2D eigenvalue weighted by Gasteiger charge is 2.23. The van der Waals surface area contributed by atoms with E-state index in [0.29, 0.717) is 17.9 Å². The second-order valence-corrected chi connectivity index (χ2v) is 7.49. The van der Waals surface area contributed by atoms with Crippen LogP contribution in [0.3, 0.4) is 0 Å². The van der Waals surface area contributed by atoms with Crippen LogP contribution in [0.1, 0.15) is 53.9 Å². The maximum atomic E-state index is 11.9. The summed E-state index contributed by atoms with van der Waals surface area (Å²) in [6.07, 6.45) is 4.52. The Morgan fingerprint density at radius 1 is 1.11 bits per heavy atom. The number of carboxylic acid groups (broad SMARTS) is 1. The number of rotatable bonds is 5. The molecule has 140 valence electrons. The largest absolute Gasteiger partial charge is 0.491 e. The molecule has 1 aliphatic carbocycles. The van der Waals surface area contributed by atoms with Gasteiger partial charge in [-0.3, -0.25) is 0 Å². The van der Waals surface area contributed by atoms with Gasteiger partial charge in [-0.25, -0.2) is 4.79 Å². The average Bonchev–Trinajstić information content (AvgIpc) is 2.97. The topological polar surface area (TPSA) is 51.5 Å². The summed E-state index contributed by atoms with van der Waals surface area (Å²) in [6.45, 7) is 4.44. The molecule has 2 aromatic carbocycles. The number of para-hydroxylation sites is 1. The first-order valence-electron chi connectivity index (χ1n) is 9.67. The third kappa shape index (κ3) is 3.20. The molecule has 1 aliphatic rings. The van der Waals surface area contributed by atoms with Gasteiger partial charge in [0, 0.05) is 22.2 Å². The summed E-state index contributed by atoms with van der Waals surface area (Å²) >= 11 is 0. The summed E-state index contributed by atoms with van der Waals surface area (Å²) in [5.74, 6) is -0.253. The molecule has 3 aromatic rings. The van der Waals surface area contributed by atoms with E-state index in [-0.39, 0.29) is 6.10 Å². The second kappa shape index (κ2) is 7.10. The van der Waals surface area contributed by atoms with E-state index in [2.05, 4.69) is 28.8 Å². The number of hydrogen-bond donors (Lipinski definition) is 1. The second-order valence-electron chi connectivity index (χ2n) is 7.49. The van der Waals surface area contributed by atoms with Crippen LogP contribution >= 0.6 is 0 Å². The fourth-order valence-corrected chi connectivity index (χ4v) is 4.22. The maximum Gasteiger partial charge on any atom is 0.336 e. The molecular weight excluding hydrogens is 338 g/mol. The Hall–Kier alpha value is -2.75. The molecule has 4 rings (SSSR count). The molecule has 0 atom stereocenters. The van der Waals surface area contributed by atoms with E-state index >= 15 is 0 Å². The minimum atomic E-state index is -0.912. The quantitative estimate of drug-likeness (QED) is 0.690. The molecule has 27 heavy (non-hydrogen) atoms. The van der Waals surface area contributed by atoms with Gasteiger partial charge in [0.1, 0.15) is 5.75 Å². The van der Waals surface area contributed by atoms with Gasteiger partial charge in [-0.05, 0) is 63.3 Å². The maximum absolute atomic E-state index is 11.9. The van der Waals surface area contributed by atoms with Crippen molar-refractivity contribution in [2.24, 2.45) is 0 Å². The number of nitrogens with zero attached hydrogens (tertiary/aromatic N) is 1. The van der Waals surface area contributed by atoms with Crippen molar-refractivity contribution in [1.29, 1.82) is 0 Å². The van der Waals surface area contributed by atoms with Crippen LogP contribution in [0.15, 0.2) is 42.5 Å². The number of benzene rings is 2. The molecular formula is C23H25NO3. The molecule has 0 saturated carbocycles. The third-order valence-electron chi connectivity index (χ3n) is 5.33. The third-order valence-corrected chi connectivity index (χ3v) is 5.33. The summed E-state index contributed by atoms with van der Waals surface area (Å²) in [5, 5.41) is 11.0. The number of carbonyl (C=O) groups is 1. The Bertz CT molecular complexity index is 1000. The van der Waals surface area contributed by atoms with Crippen LogP contribution in [0.5, 0.6) is 5.75 Å². The minimum absolute atomic E-state index is 0.0110. The number of hydrogen-bond acceptors (Lipinski definition) is 2. The molecule has 1 heterocycles. The normalized spacial score (nSPS) is 13.7. The fraction of sp³-hybridized carbons (Fsp3) is 0.348. The smallest absolute Gasteiger partial charge is 0.336 e. The van der Waals surface area contributed by atoms with E-state index in [1.54, 1.807) is 12.1 Å². The molecule has 0 amide bonds. The summed E-state index contributed by atoms with van der Waals surface area (Å²) in [4.78, 5) is 11.9. The van der Waals surface area contributed by atoms with Crippen molar-refractivity contribution in [2.75, 3.05) is 0 Å². The number of ether oxygens (including phenoxy) is 1. The van der Waals surface area contributed by atoms with Crippen LogP contribution in [0.25, 0.3) is 10.9 Å². The SMILES string of the molecule is CC(C)Oc1cccc(C(=O)O)c1Cn1c2c(c3ccccc31)CCCC2. The molecule has 4 heteroatoms. The predicted molar refractivity (Wildman–Crippen MR) is 107 cm³/mol. The van der Waals surface area contributed by atoms with E-state index in [1.165, 1.54) is 35.0 Å². The minimum Gasteiger partial charge on any atom is -0.491 e. The number of aryl methyl sites for hydroxylation is 1. The zero-order chi connectivity index (χ0) is 19.0. The molecule has 1 aromatic heterocycles. The summed E-state index contributed by atoms with van der Waals surface area (Å²) in [6, 6.07) is 13.8. The predicted octanol–water partition coefficient (Wildman–Crippen LogP) is 5.05. The van der Waals surface area contributed by atoms with Crippen molar-refractivity contribution in [3.63, 3.8) is 0 Å². The Balaban J connectivity index is 1.89. The molecule has 0 bridgehead atoms. The Kier molecular flexibility index (Phi) is 4.65. The number of aromatic nitrogens is 1. The van der Waals surface area contributed by atoms with Crippen LogP contribution in [0.4, 0.5) is 0 Å². The lowest BCUT2D eigenvalue weighted by Gasteiger charge is -2.20. The van der Waals surface area contributed by atoms with Crippen molar-refractivity contribution in [3.8, 4) is 5.75 Å². The van der Waals surface area contributed by atoms with E-state index in [0.717, 1.165) is 18.4 Å². The number of carboxylic acids is 1. The molecule has 0 unspecified atom stereocenters. The van der Waals surface area contributed by atoms with Crippen LogP contribution in [0, 0.1) is 0 Å². The highest BCUT2D eigenvalue weighted by Crippen LogP contribution is 2.34. The average molecular weight is 363 g/mol. The monoisotopic (exact) mass is 363 g/mol. The van der Waals surface area contributed by atoms with Gasteiger partial charge >= 0.3 is 5.97 Å². The van der Waals surface area contributed by atoms with Crippen molar-refractivity contribution in [1.82, 2.24) is 4.57 Å². The lowest BCUT2D eigenvalue weighted by Crippen LogP contribution is -2.15. The molecule has 0 fully saturated rings. The zero-order valence-corrected chi connectivity index (χ0v) is 15.9. The Morgan fingerprint density at radius 3 is 2.67 bits per heavy atom. The van der Waals surface area contributed by atoms with Crippen LogP contribution in [-0.2, 0) is 19.4 Å². The molecule has 4 nitrogen and oxygen atoms in total. The summed E-state index contributed by atoms with van der Waals surface area (Å²) in [7, 11) is 0. The lowest BCUT2D eigenvalue weighted by atomic mass is 9.95. The fourth-order valence-electron chi connectivity index (χ4n) is 4.22. The molecule has 0 aliphatic heterocycles. The lowest BCUT2D eigenvalue weighted by molar-refractivity contribution is 0.0694. The van der Waals surface area contributed by atoms with Crippen LogP contribution in [0.2, 0.25) is 0 Å². The molecule has 0 spiro atoms. The van der Waals surface area contributed by atoms with Crippen LogP contribution < -0.4 is 4.74 Å². The van der Waals surface area contributed by atoms with E-state index in [4.69, 9.17) is 4.74 Å². The highest BCUT2D eigenvalue weighted by atomic mass is 16.5. The van der Waals surface area contributed by atoms with E-state index in [9.17, 15) is 9.90 Å². The highest BCUT2D eigenvalue weighted by molar-refractivity contribution is 5.91. The summed E-state index contributed by atoms with van der Waals surface area (Å²) in [5.41, 5.74) is 5.01. The van der Waals surface area contributed by atoms with E-state index in [1.807, 2.05) is 19.9 Å². The molecule has 0 radical (unpaired) electrons. The Morgan fingerprint density at radius 2 is 1.89 bits per heavy atom. The van der Waals surface area contributed by atoms with Gasteiger partial charge in [0.2, 0.25) is 0 Å². The zero-order valence-electron chi connectivity index (χ0n) is 15.9. The van der Waals surface area contributed by atoms with Gasteiger partial charge in [-0.2, -0.15) is 0 Å². The van der Waals surface area contributed by atoms with Gasteiger partial charge in [-0.15, -0.1) is 0 Å². The number of fused-ring (bicyclic) bond motifs is 3. The van der Waals surface area contributed by atoms with Crippen molar-refractivity contribution in [2.45, 2.75) is 52.2 Å². The van der Waals surface area contributed by atoms with Gasteiger partial charge < -0.3 is 14.4 Å². The molecule has 0 saturated heterocycles. The van der Waals surface area contributed by atoms with Gasteiger partial charge in [0.05, 0.1) is 18.2 Å². The number of aromatic carboxylic acids is 1. The molecule has 1 N–H and O–H groups in total. The van der Waals surface area contributed by atoms with Gasteiger partial charge in [-0.1, -0.05) is 24.3 Å². The Labute approximate surface area is 159 Å². The van der Waals surface area contributed by atoms with E-state index < -0.39 is 5.97 Å². The summed E-state index contributed by atoms with van der Waals surface area (Å²) < 4.78 is 8.27. The van der Waals surface area contributed by atoms with Crippen molar-refractivity contribution >= 4 is 16.9 Å². The standard InChI is InChI=1S/C23H25NO3/c1-15(2)27-22-13-7-10-18(23(25)26)19(22)14-24-20-11-5-3-8-16(20)17-9-4-6-12-21(17)24/h3,5,7-8,10-11,13,15H,4,6,9,12,14H2,1-2H3,(H,25,26). The first-order chi connectivity index (χ1) is 13.1. The first kappa shape index (κ1) is 17.7. The van der Waals surface area contributed by atoms with Crippen molar-refractivity contribution in [3.05, 3.63) is 64.8 Å². The van der Waals surface area contributed by atoms with Crippen LogP contribution in [-0.4, -0.2) is 21.7 Å².